The van der Waals surface area contributed by atoms with E-state index in [4.69, 9.17) is 0 Å². The Bertz CT molecular complexity index is 249. The van der Waals surface area contributed by atoms with Crippen LogP contribution in [0.15, 0.2) is 11.6 Å². The molecule has 0 aliphatic heterocycles. The molecule has 4 heteroatoms. The molecule has 0 spiro atoms. The van der Waals surface area contributed by atoms with Crippen LogP contribution in [0.2, 0.25) is 0 Å². The molecule has 0 bridgehead atoms. The molecule has 3 nitrogen and oxygen atoms in total. The lowest BCUT2D eigenvalue weighted by atomic mass is 9.92. The quantitative estimate of drug-likeness (QED) is 0.723. The fraction of sp³-hybridized carbons (Fsp3) is 0.429. The van der Waals surface area contributed by atoms with E-state index in [1.165, 1.54) is 0 Å². The average Bonchev–Trinajstić information content (AvgIpc) is 2.36. The van der Waals surface area contributed by atoms with E-state index in [0.29, 0.717) is 24.7 Å². The Balaban J connectivity index is 1.88. The lowest BCUT2D eigenvalue weighted by Crippen LogP contribution is -2.35. The summed E-state index contributed by atoms with van der Waals surface area (Å²) in [5.74, 6) is 0.346. The number of Topliss-reactive ketones (excluding diaryl/α,β-unsaturated/α-hetero) is 1. The topological polar surface area (TPSA) is 42.0 Å². The number of aromatic nitrogens is 1. The van der Waals surface area contributed by atoms with Gasteiger partial charge in [0.25, 0.3) is 0 Å². The molecule has 11 heavy (non-hydrogen) atoms. The normalized spacial score (nSPS) is 18.0. The zero-order valence-corrected chi connectivity index (χ0v) is 6.73. The molecule has 1 aromatic heterocycles. The van der Waals surface area contributed by atoms with Crippen LogP contribution in [-0.2, 0) is 4.79 Å². The average molecular weight is 168 g/mol. The summed E-state index contributed by atoms with van der Waals surface area (Å²) in [6.45, 7) is 0. The number of nitrogens with one attached hydrogen (secondary N) is 1. The Morgan fingerprint density at radius 2 is 2.45 bits per heavy atom. The van der Waals surface area contributed by atoms with Crippen LogP contribution >= 0.6 is 11.3 Å². The number of thiazole rings is 1. The smallest absolute Gasteiger partial charge is 0.182 e. The number of ketones is 1. The van der Waals surface area contributed by atoms with Crippen LogP contribution in [0.5, 0.6) is 0 Å². The van der Waals surface area contributed by atoms with Crippen LogP contribution in [0.4, 0.5) is 5.13 Å². The molecule has 0 atom stereocenters. The Labute approximate surface area is 68.5 Å². The van der Waals surface area contributed by atoms with Gasteiger partial charge in [0, 0.05) is 30.5 Å². The van der Waals surface area contributed by atoms with E-state index in [0.717, 1.165) is 5.13 Å². The van der Waals surface area contributed by atoms with Crippen molar-refractivity contribution in [3.8, 4) is 0 Å². The van der Waals surface area contributed by atoms with Crippen LogP contribution in [-0.4, -0.2) is 16.8 Å². The fourth-order valence-corrected chi connectivity index (χ4v) is 1.67. The second kappa shape index (κ2) is 2.62. The molecule has 1 aromatic rings. The molecule has 58 valence electrons. The molecule has 0 amide bonds. The highest BCUT2D eigenvalue weighted by molar-refractivity contribution is 7.13. The van der Waals surface area contributed by atoms with Gasteiger partial charge >= 0.3 is 0 Å². The molecule has 1 heterocycles. The summed E-state index contributed by atoms with van der Waals surface area (Å²) in [6.07, 6.45) is 3.09. The molecule has 2 rings (SSSR count). The maximum Gasteiger partial charge on any atom is 0.182 e. The molecule has 0 radical (unpaired) electrons. The Kier molecular flexibility index (Phi) is 1.62. The summed E-state index contributed by atoms with van der Waals surface area (Å²) in [5.41, 5.74) is 0. The van der Waals surface area contributed by atoms with Crippen molar-refractivity contribution in [2.75, 3.05) is 5.32 Å². The van der Waals surface area contributed by atoms with Gasteiger partial charge in [-0.2, -0.15) is 0 Å². The number of carbonyl (C=O) groups is 1. The number of nitrogens with zero attached hydrogens (tertiary/aromatic N) is 1. The highest BCUT2D eigenvalue weighted by Crippen LogP contribution is 2.21. The highest BCUT2D eigenvalue weighted by atomic mass is 32.1. The maximum atomic E-state index is 10.6. The van der Waals surface area contributed by atoms with Crippen molar-refractivity contribution in [2.24, 2.45) is 0 Å². The van der Waals surface area contributed by atoms with Gasteiger partial charge in [0.1, 0.15) is 5.78 Å². The van der Waals surface area contributed by atoms with Gasteiger partial charge in [-0.05, 0) is 0 Å². The SMILES string of the molecule is O=C1CC(Nc2nccs2)C1. The highest BCUT2D eigenvalue weighted by Gasteiger charge is 2.26. The van der Waals surface area contributed by atoms with E-state index in [1.807, 2.05) is 5.38 Å². The second-order valence-electron chi connectivity index (χ2n) is 2.63. The molecule has 0 saturated heterocycles. The third-order valence-corrected chi connectivity index (χ3v) is 2.41. The molecular formula is C7H8N2OS. The molecule has 1 fully saturated rings. The lowest BCUT2D eigenvalue weighted by Gasteiger charge is -2.24. The summed E-state index contributed by atoms with van der Waals surface area (Å²) in [4.78, 5) is 14.6. The molecule has 1 aliphatic rings. The zero-order chi connectivity index (χ0) is 7.68. The molecule has 0 unspecified atom stereocenters. The van der Waals surface area contributed by atoms with Crippen molar-refractivity contribution in [1.82, 2.24) is 4.98 Å². The molecule has 1 N–H and O–H groups in total. The Morgan fingerprint density at radius 3 is 3.00 bits per heavy atom. The Hall–Kier alpha value is -0.900. The summed E-state index contributed by atoms with van der Waals surface area (Å²) >= 11 is 1.57. The van der Waals surface area contributed by atoms with Crippen molar-refractivity contribution < 1.29 is 4.79 Å². The largest absolute Gasteiger partial charge is 0.358 e. The molecular weight excluding hydrogens is 160 g/mol. The number of anilines is 1. The van der Waals surface area contributed by atoms with Crippen LogP contribution in [0.3, 0.4) is 0 Å². The van der Waals surface area contributed by atoms with Crippen molar-refractivity contribution in [2.45, 2.75) is 18.9 Å². The van der Waals surface area contributed by atoms with Crippen LogP contribution in [0.1, 0.15) is 12.8 Å². The van der Waals surface area contributed by atoms with E-state index in [-0.39, 0.29) is 0 Å². The minimum absolute atomic E-state index is 0.341. The van der Waals surface area contributed by atoms with E-state index in [9.17, 15) is 4.79 Å². The lowest BCUT2D eigenvalue weighted by molar-refractivity contribution is -0.124. The van der Waals surface area contributed by atoms with Crippen molar-refractivity contribution in [3.05, 3.63) is 11.6 Å². The summed E-state index contributed by atoms with van der Waals surface area (Å²) in [6, 6.07) is 0.341. The van der Waals surface area contributed by atoms with Crippen molar-refractivity contribution in [1.29, 1.82) is 0 Å². The predicted octanol–water partition coefficient (Wildman–Crippen LogP) is 1.29. The number of rotatable bonds is 2. The first-order valence-corrected chi connectivity index (χ1v) is 4.40. The van der Waals surface area contributed by atoms with Crippen LogP contribution in [0, 0.1) is 0 Å². The molecule has 1 aliphatic carbocycles. The summed E-state index contributed by atoms with van der Waals surface area (Å²) in [7, 11) is 0. The van der Waals surface area contributed by atoms with Gasteiger partial charge in [-0.15, -0.1) is 11.3 Å². The predicted molar refractivity (Wildman–Crippen MR) is 43.8 cm³/mol. The summed E-state index contributed by atoms with van der Waals surface area (Å²) in [5, 5.41) is 6.01. The maximum absolute atomic E-state index is 10.6. The first-order valence-electron chi connectivity index (χ1n) is 3.52. The number of carbonyl (C=O) groups excluding carboxylic acids is 1. The summed E-state index contributed by atoms with van der Waals surface area (Å²) < 4.78 is 0. The fourth-order valence-electron chi connectivity index (χ4n) is 1.06. The van der Waals surface area contributed by atoms with Crippen LogP contribution in [0.25, 0.3) is 0 Å². The van der Waals surface area contributed by atoms with Crippen molar-refractivity contribution >= 4 is 22.3 Å². The van der Waals surface area contributed by atoms with Crippen LogP contribution < -0.4 is 5.32 Å². The first kappa shape index (κ1) is 6.79. The van der Waals surface area contributed by atoms with Gasteiger partial charge < -0.3 is 5.32 Å². The zero-order valence-electron chi connectivity index (χ0n) is 5.91. The van der Waals surface area contributed by atoms with E-state index in [2.05, 4.69) is 10.3 Å². The second-order valence-corrected chi connectivity index (χ2v) is 3.52. The minimum Gasteiger partial charge on any atom is -0.358 e. The third-order valence-electron chi connectivity index (χ3n) is 1.71. The minimum atomic E-state index is 0.341. The van der Waals surface area contributed by atoms with Gasteiger partial charge in [0.05, 0.1) is 0 Å². The molecule has 1 saturated carbocycles. The first-order chi connectivity index (χ1) is 5.34. The third kappa shape index (κ3) is 1.40. The standard InChI is InChI=1S/C7H8N2OS/c10-6-3-5(4-6)9-7-8-1-2-11-7/h1-2,5H,3-4H2,(H,8,9). The van der Waals surface area contributed by atoms with Gasteiger partial charge in [-0.25, -0.2) is 4.98 Å². The van der Waals surface area contributed by atoms with Crippen molar-refractivity contribution in [3.63, 3.8) is 0 Å². The monoisotopic (exact) mass is 168 g/mol. The van der Waals surface area contributed by atoms with E-state index < -0.39 is 0 Å². The van der Waals surface area contributed by atoms with Gasteiger partial charge in [-0.1, -0.05) is 0 Å². The van der Waals surface area contributed by atoms with E-state index in [1.54, 1.807) is 17.5 Å². The van der Waals surface area contributed by atoms with Gasteiger partial charge in [0.2, 0.25) is 0 Å². The number of hydrogen-bond donors (Lipinski definition) is 1. The van der Waals surface area contributed by atoms with Gasteiger partial charge in [-0.3, -0.25) is 4.79 Å². The van der Waals surface area contributed by atoms with Gasteiger partial charge in [0.15, 0.2) is 5.13 Å². The number of hydrogen-bond acceptors (Lipinski definition) is 4. The Morgan fingerprint density at radius 1 is 1.64 bits per heavy atom. The van der Waals surface area contributed by atoms with E-state index >= 15 is 0 Å². The molecule has 0 aromatic carbocycles.